The van der Waals surface area contributed by atoms with Crippen LogP contribution in [0.25, 0.3) is 0 Å². The summed E-state index contributed by atoms with van der Waals surface area (Å²) in [5.74, 6) is -2.36. The summed E-state index contributed by atoms with van der Waals surface area (Å²) >= 11 is 7.16. The monoisotopic (exact) mass is 569 g/mol. The summed E-state index contributed by atoms with van der Waals surface area (Å²) in [5.41, 5.74) is 0.937. The van der Waals surface area contributed by atoms with Crippen molar-refractivity contribution in [2.75, 3.05) is 26.0 Å². The van der Waals surface area contributed by atoms with Gasteiger partial charge < -0.3 is 26.2 Å². The van der Waals surface area contributed by atoms with E-state index in [1.165, 1.54) is 23.6 Å². The lowest BCUT2D eigenvalue weighted by Gasteiger charge is -2.36. The average molecular weight is 571 g/mol. The number of nitrogens with one attached hydrogen (secondary N) is 4. The van der Waals surface area contributed by atoms with E-state index in [9.17, 15) is 19.2 Å². The summed E-state index contributed by atoms with van der Waals surface area (Å²) in [5, 5.41) is 11.5. The number of nitrogens with zero attached hydrogens (tertiary/aromatic N) is 3. The van der Waals surface area contributed by atoms with Gasteiger partial charge in [0, 0.05) is 49.6 Å². The minimum absolute atomic E-state index is 0. The fourth-order valence-electron chi connectivity index (χ4n) is 4.45. The summed E-state index contributed by atoms with van der Waals surface area (Å²) in [7, 11) is 3.59. The van der Waals surface area contributed by atoms with Crippen LogP contribution in [-0.4, -0.2) is 71.2 Å². The summed E-state index contributed by atoms with van der Waals surface area (Å²) in [6.07, 6.45) is 3.39. The molecule has 0 unspecified atom stereocenters. The molecule has 1 saturated carbocycles. The Morgan fingerprint density at radius 2 is 1.89 bits per heavy atom. The van der Waals surface area contributed by atoms with Gasteiger partial charge in [-0.1, -0.05) is 11.6 Å². The number of amides is 4. The lowest BCUT2D eigenvalue weighted by atomic mass is 9.81. The zero-order valence-electron chi connectivity index (χ0n) is 20.4. The first-order valence-corrected chi connectivity index (χ1v) is 12.9. The number of hydrogen-bond acceptors (Lipinski definition) is 8. The Balaban J connectivity index is 0.00000380. The molecule has 11 nitrogen and oxygen atoms in total. The Morgan fingerprint density at radius 1 is 1.11 bits per heavy atom. The zero-order valence-corrected chi connectivity index (χ0v) is 22.8. The fraction of sp³-hybridized carbons (Fsp3) is 0.478. The number of carbonyl (C=O) groups is 4. The first-order chi connectivity index (χ1) is 17.2. The van der Waals surface area contributed by atoms with E-state index in [1.807, 2.05) is 7.05 Å². The molecule has 0 aromatic carbocycles. The molecule has 37 heavy (non-hydrogen) atoms. The maximum Gasteiger partial charge on any atom is 0.314 e. The molecule has 2 aliphatic rings. The standard InChI is InChI=1S/C23H28ClN7O4S.ClH/c1-25-19(32)12-3-5-14(27-20(33)21(34)30-18-6-4-13(24)10-26-18)16(9-12)28-22(35)23-29-15-7-8-31(2)11-17(15)36-23;/h4,6,10,12,14,16H,3,5,7-9,11H2,1-2H3,(H,25,32)(H,27,33)(H,28,35)(H,26,30,34);1H/t12-,14-,16+;/m0./s1. The van der Waals surface area contributed by atoms with E-state index < -0.39 is 23.9 Å². The molecule has 200 valence electrons. The molecule has 2 aromatic heterocycles. The largest absolute Gasteiger partial charge is 0.359 e. The van der Waals surface area contributed by atoms with Crippen LogP contribution < -0.4 is 21.3 Å². The molecule has 4 amide bonds. The average Bonchev–Trinajstić information content (AvgIpc) is 3.29. The molecule has 4 N–H and O–H groups in total. The molecule has 0 saturated heterocycles. The smallest absolute Gasteiger partial charge is 0.314 e. The van der Waals surface area contributed by atoms with Gasteiger partial charge in [0.05, 0.1) is 16.8 Å². The van der Waals surface area contributed by atoms with Crippen molar-refractivity contribution in [3.05, 3.63) is 38.9 Å². The molecule has 0 spiro atoms. The highest BCUT2D eigenvalue weighted by atomic mass is 35.5. The summed E-state index contributed by atoms with van der Waals surface area (Å²) < 4.78 is 0. The van der Waals surface area contributed by atoms with Crippen molar-refractivity contribution in [2.45, 2.75) is 44.3 Å². The number of carbonyl (C=O) groups excluding carboxylic acids is 4. The lowest BCUT2D eigenvalue weighted by molar-refractivity contribution is -0.137. The highest BCUT2D eigenvalue weighted by molar-refractivity contribution is 7.13. The number of aromatic nitrogens is 2. The maximum atomic E-state index is 13.1. The summed E-state index contributed by atoms with van der Waals surface area (Å²) in [6.45, 7) is 1.63. The molecule has 14 heteroatoms. The van der Waals surface area contributed by atoms with Gasteiger partial charge in [-0.25, -0.2) is 9.97 Å². The third-order valence-corrected chi connectivity index (χ3v) is 7.70. The van der Waals surface area contributed by atoms with Gasteiger partial charge in [-0.15, -0.1) is 23.7 Å². The number of pyridine rings is 1. The van der Waals surface area contributed by atoms with Crippen LogP contribution in [0.15, 0.2) is 18.3 Å². The van der Waals surface area contributed by atoms with Gasteiger partial charge in [0.1, 0.15) is 5.82 Å². The van der Waals surface area contributed by atoms with Crippen LogP contribution in [0.4, 0.5) is 5.82 Å². The fourth-order valence-corrected chi connectivity index (χ4v) is 5.66. The molecule has 3 atom stereocenters. The van der Waals surface area contributed by atoms with E-state index in [0.29, 0.717) is 29.3 Å². The quantitative estimate of drug-likeness (QED) is 0.398. The molecule has 0 bridgehead atoms. The number of anilines is 1. The van der Waals surface area contributed by atoms with Crippen LogP contribution in [0, 0.1) is 5.92 Å². The van der Waals surface area contributed by atoms with Crippen LogP contribution in [0.3, 0.4) is 0 Å². The van der Waals surface area contributed by atoms with Crippen molar-refractivity contribution in [2.24, 2.45) is 5.92 Å². The highest BCUT2D eigenvalue weighted by Crippen LogP contribution is 2.27. The predicted octanol–water partition coefficient (Wildman–Crippen LogP) is 1.37. The van der Waals surface area contributed by atoms with Crippen molar-refractivity contribution in [1.82, 2.24) is 30.8 Å². The van der Waals surface area contributed by atoms with Gasteiger partial charge in [0.15, 0.2) is 5.01 Å². The topological polar surface area (TPSA) is 145 Å². The van der Waals surface area contributed by atoms with Gasteiger partial charge in [-0.05, 0) is 38.4 Å². The van der Waals surface area contributed by atoms with Crippen molar-refractivity contribution in [3.8, 4) is 0 Å². The van der Waals surface area contributed by atoms with Crippen molar-refractivity contribution < 1.29 is 19.2 Å². The van der Waals surface area contributed by atoms with Crippen LogP contribution in [-0.2, 0) is 27.3 Å². The molecular weight excluding hydrogens is 541 g/mol. The molecule has 1 aliphatic carbocycles. The Hall–Kier alpha value is -2.80. The third-order valence-electron chi connectivity index (χ3n) is 6.39. The van der Waals surface area contributed by atoms with E-state index in [0.717, 1.165) is 30.1 Å². The van der Waals surface area contributed by atoms with Crippen LogP contribution in [0.5, 0.6) is 0 Å². The number of hydrogen-bond donors (Lipinski definition) is 4. The Morgan fingerprint density at radius 3 is 2.59 bits per heavy atom. The molecule has 2 aromatic rings. The van der Waals surface area contributed by atoms with Gasteiger partial charge in [-0.2, -0.15) is 0 Å². The highest BCUT2D eigenvalue weighted by Gasteiger charge is 2.37. The van der Waals surface area contributed by atoms with Crippen molar-refractivity contribution >= 4 is 64.8 Å². The van der Waals surface area contributed by atoms with Gasteiger partial charge in [0.25, 0.3) is 5.91 Å². The van der Waals surface area contributed by atoms with Crippen LogP contribution >= 0.6 is 35.3 Å². The maximum absolute atomic E-state index is 13.1. The van der Waals surface area contributed by atoms with E-state index >= 15 is 0 Å². The molecule has 4 rings (SSSR count). The molecule has 0 radical (unpaired) electrons. The second kappa shape index (κ2) is 12.6. The van der Waals surface area contributed by atoms with Crippen molar-refractivity contribution in [1.29, 1.82) is 0 Å². The Bertz CT molecular complexity index is 1160. The number of halogens is 2. The minimum atomic E-state index is -0.889. The first-order valence-electron chi connectivity index (χ1n) is 11.7. The number of rotatable bonds is 5. The molecular formula is C23H29Cl2N7O4S. The van der Waals surface area contributed by atoms with Gasteiger partial charge >= 0.3 is 11.8 Å². The summed E-state index contributed by atoms with van der Waals surface area (Å²) in [6, 6.07) is 1.94. The molecule has 1 fully saturated rings. The minimum Gasteiger partial charge on any atom is -0.359 e. The molecule has 1 aliphatic heterocycles. The second-order valence-corrected chi connectivity index (χ2v) is 10.5. The Labute approximate surface area is 229 Å². The number of likely N-dealkylation sites (N-methyl/N-ethyl adjacent to an activating group) is 1. The molecule has 3 heterocycles. The third kappa shape index (κ3) is 7.16. The second-order valence-electron chi connectivity index (χ2n) is 8.98. The first kappa shape index (κ1) is 28.8. The van der Waals surface area contributed by atoms with Crippen LogP contribution in [0.1, 0.15) is 39.6 Å². The van der Waals surface area contributed by atoms with Crippen molar-refractivity contribution in [3.63, 3.8) is 0 Å². The number of fused-ring (bicyclic) bond motifs is 1. The summed E-state index contributed by atoms with van der Waals surface area (Å²) in [4.78, 5) is 62.2. The number of thiazole rings is 1. The van der Waals surface area contributed by atoms with Crippen LogP contribution in [0.2, 0.25) is 5.02 Å². The lowest BCUT2D eigenvalue weighted by Crippen LogP contribution is -2.57. The van der Waals surface area contributed by atoms with Gasteiger partial charge in [-0.3, -0.25) is 19.2 Å². The normalized spacial score (nSPS) is 21.1. The van der Waals surface area contributed by atoms with E-state index in [2.05, 4.69) is 36.1 Å². The Kier molecular flexibility index (Phi) is 9.82. The van der Waals surface area contributed by atoms with Gasteiger partial charge in [0.2, 0.25) is 5.91 Å². The predicted molar refractivity (Wildman–Crippen MR) is 142 cm³/mol. The van der Waals surface area contributed by atoms with E-state index in [-0.39, 0.29) is 36.0 Å². The van der Waals surface area contributed by atoms with E-state index in [1.54, 1.807) is 13.1 Å². The SMILES string of the molecule is CNC(=O)[C@H]1CC[C@H](NC(=O)C(=O)Nc2ccc(Cl)cn2)[C@H](NC(=O)c2nc3c(s2)CN(C)CC3)C1.Cl. The zero-order chi connectivity index (χ0) is 25.8. The van der Waals surface area contributed by atoms with E-state index in [4.69, 9.17) is 11.6 Å².